The highest BCUT2D eigenvalue weighted by Gasteiger charge is 2.03. The minimum Gasteiger partial charge on any atom is -0.205 e. The summed E-state index contributed by atoms with van der Waals surface area (Å²) < 4.78 is 2.33. The maximum Gasteiger partial charge on any atom is 0.169 e. The van der Waals surface area contributed by atoms with Crippen molar-refractivity contribution in [2.24, 2.45) is 0 Å². The third-order valence-corrected chi connectivity index (χ3v) is 4.35. The molecule has 0 bridgehead atoms. The van der Waals surface area contributed by atoms with Crippen molar-refractivity contribution in [2.75, 3.05) is 0 Å². The Bertz CT molecular complexity index is 339. The van der Waals surface area contributed by atoms with E-state index in [-0.39, 0.29) is 0 Å². The van der Waals surface area contributed by atoms with Crippen LogP contribution < -0.4 is 4.57 Å². The first kappa shape index (κ1) is 18.2. The van der Waals surface area contributed by atoms with Gasteiger partial charge in [-0.05, 0) is 17.9 Å². The minimum absolute atomic E-state index is 0.636. The zero-order valence-electron chi connectivity index (χ0n) is 14.6. The van der Waals surface area contributed by atoms with Crippen LogP contribution in [0.3, 0.4) is 0 Å². The van der Waals surface area contributed by atoms with Crippen LogP contribution in [-0.2, 0) is 6.54 Å². The number of nitrogens with zero attached hydrogens (tertiary/aromatic N) is 1. The lowest BCUT2D eigenvalue weighted by atomic mass is 10.1. The molecular weight excluding hydrogens is 254 g/mol. The van der Waals surface area contributed by atoms with Crippen molar-refractivity contribution in [3.8, 4) is 0 Å². The molecule has 1 heteroatoms. The van der Waals surface area contributed by atoms with Gasteiger partial charge in [0.2, 0.25) is 0 Å². The molecule has 0 aliphatic rings. The summed E-state index contributed by atoms with van der Waals surface area (Å²) >= 11 is 0. The molecule has 1 nitrogen and oxygen atoms in total. The van der Waals surface area contributed by atoms with Gasteiger partial charge in [0.25, 0.3) is 0 Å². The molecule has 1 rings (SSSR count). The summed E-state index contributed by atoms with van der Waals surface area (Å²) in [5.41, 5.74) is 1.44. The largest absolute Gasteiger partial charge is 0.205 e. The smallest absolute Gasteiger partial charge is 0.169 e. The van der Waals surface area contributed by atoms with E-state index in [9.17, 15) is 0 Å². The summed E-state index contributed by atoms with van der Waals surface area (Å²) in [6, 6.07) is 4.53. The lowest BCUT2D eigenvalue weighted by molar-refractivity contribution is -0.697. The first-order valence-electron chi connectivity index (χ1n) is 9.23. The van der Waals surface area contributed by atoms with E-state index in [1.54, 1.807) is 0 Å². The van der Waals surface area contributed by atoms with E-state index >= 15 is 0 Å². The number of rotatable bonds is 12. The molecule has 0 aliphatic heterocycles. The van der Waals surface area contributed by atoms with Crippen LogP contribution in [0.25, 0.3) is 0 Å². The van der Waals surface area contributed by atoms with Gasteiger partial charge in [-0.25, -0.2) is 4.57 Å². The Morgan fingerprint density at radius 2 is 1.24 bits per heavy atom. The van der Waals surface area contributed by atoms with E-state index in [0.717, 1.165) is 0 Å². The van der Waals surface area contributed by atoms with Gasteiger partial charge in [-0.15, -0.1) is 0 Å². The second-order valence-corrected chi connectivity index (χ2v) is 6.71. The van der Waals surface area contributed by atoms with Crippen molar-refractivity contribution < 1.29 is 4.57 Å². The fourth-order valence-electron chi connectivity index (χ4n) is 2.78. The number of unbranched alkanes of at least 4 members (excludes halogenated alkanes) is 9. The standard InChI is InChI=1S/C20H36N/c1-4-5-6-7-8-9-10-11-12-13-16-21-17-14-20(15-18-21)19(2)3/h14-15,17-19H,4-13,16H2,1-3H3/q+1. The summed E-state index contributed by atoms with van der Waals surface area (Å²) in [5.74, 6) is 0.636. The first-order valence-corrected chi connectivity index (χ1v) is 9.23. The minimum atomic E-state index is 0.636. The molecule has 0 aromatic carbocycles. The Labute approximate surface area is 132 Å². The predicted octanol–water partition coefficient (Wildman–Crippen LogP) is 6.02. The topological polar surface area (TPSA) is 3.88 Å². The molecule has 0 aliphatic carbocycles. The van der Waals surface area contributed by atoms with Gasteiger partial charge in [0.1, 0.15) is 6.54 Å². The number of aryl methyl sites for hydroxylation is 1. The molecule has 0 atom stereocenters. The summed E-state index contributed by atoms with van der Waals surface area (Å²) in [7, 11) is 0. The molecule has 0 amide bonds. The zero-order valence-corrected chi connectivity index (χ0v) is 14.6. The third-order valence-electron chi connectivity index (χ3n) is 4.35. The van der Waals surface area contributed by atoms with Crippen molar-refractivity contribution in [3.05, 3.63) is 30.1 Å². The molecule has 1 aromatic heterocycles. The van der Waals surface area contributed by atoms with Crippen LogP contribution in [0.15, 0.2) is 24.5 Å². The van der Waals surface area contributed by atoms with E-state index < -0.39 is 0 Å². The molecule has 0 spiro atoms. The predicted molar refractivity (Wildman–Crippen MR) is 92.6 cm³/mol. The second kappa shape index (κ2) is 11.8. The van der Waals surface area contributed by atoms with Crippen LogP contribution in [-0.4, -0.2) is 0 Å². The van der Waals surface area contributed by atoms with Crippen LogP contribution in [0, 0.1) is 0 Å². The van der Waals surface area contributed by atoms with Crippen LogP contribution in [0.1, 0.15) is 96.5 Å². The first-order chi connectivity index (χ1) is 10.2. The third kappa shape index (κ3) is 8.90. The van der Waals surface area contributed by atoms with E-state index in [1.165, 1.54) is 76.3 Å². The van der Waals surface area contributed by atoms with Crippen molar-refractivity contribution in [1.29, 1.82) is 0 Å². The molecule has 0 radical (unpaired) electrons. The van der Waals surface area contributed by atoms with Gasteiger partial charge in [-0.1, -0.05) is 72.1 Å². The highest BCUT2D eigenvalue weighted by Crippen LogP contribution is 2.12. The maximum absolute atomic E-state index is 2.33. The molecule has 1 aromatic rings. The summed E-state index contributed by atoms with van der Waals surface area (Å²) in [4.78, 5) is 0. The molecule has 120 valence electrons. The number of aromatic nitrogens is 1. The Balaban J connectivity index is 1.96. The molecule has 0 fully saturated rings. The molecular formula is C20H36N+. The van der Waals surface area contributed by atoms with Crippen LogP contribution in [0.5, 0.6) is 0 Å². The number of hydrogen-bond donors (Lipinski definition) is 0. The van der Waals surface area contributed by atoms with Crippen molar-refractivity contribution in [3.63, 3.8) is 0 Å². The summed E-state index contributed by atoms with van der Waals surface area (Å²) in [5, 5.41) is 0. The molecule has 0 saturated carbocycles. The van der Waals surface area contributed by atoms with E-state index in [0.29, 0.717) is 5.92 Å². The Hall–Kier alpha value is -0.850. The van der Waals surface area contributed by atoms with Crippen LogP contribution in [0.4, 0.5) is 0 Å². The van der Waals surface area contributed by atoms with E-state index in [2.05, 4.69) is 49.9 Å². The lowest BCUT2D eigenvalue weighted by Gasteiger charge is -2.04. The normalized spacial score (nSPS) is 11.2. The van der Waals surface area contributed by atoms with Gasteiger partial charge in [0.15, 0.2) is 12.4 Å². The molecule has 1 heterocycles. The van der Waals surface area contributed by atoms with Gasteiger partial charge in [0.05, 0.1) is 0 Å². The fourth-order valence-corrected chi connectivity index (χ4v) is 2.78. The number of hydrogen-bond acceptors (Lipinski definition) is 0. The average Bonchev–Trinajstić information content (AvgIpc) is 2.49. The van der Waals surface area contributed by atoms with Crippen LogP contribution in [0.2, 0.25) is 0 Å². The van der Waals surface area contributed by atoms with Crippen LogP contribution >= 0.6 is 0 Å². The maximum atomic E-state index is 2.33. The fraction of sp³-hybridized carbons (Fsp3) is 0.750. The van der Waals surface area contributed by atoms with E-state index in [4.69, 9.17) is 0 Å². The monoisotopic (exact) mass is 290 g/mol. The zero-order chi connectivity index (χ0) is 15.3. The highest BCUT2D eigenvalue weighted by atomic mass is 14.9. The number of pyridine rings is 1. The molecule has 0 unspecified atom stereocenters. The second-order valence-electron chi connectivity index (χ2n) is 6.71. The average molecular weight is 291 g/mol. The van der Waals surface area contributed by atoms with Gasteiger partial charge in [-0.3, -0.25) is 0 Å². The molecule has 0 saturated heterocycles. The Kier molecular flexibility index (Phi) is 10.2. The summed E-state index contributed by atoms with van der Waals surface area (Å²) in [6.07, 6.45) is 18.6. The van der Waals surface area contributed by atoms with Crippen molar-refractivity contribution >= 4 is 0 Å². The van der Waals surface area contributed by atoms with Crippen molar-refractivity contribution in [2.45, 2.75) is 97.4 Å². The lowest BCUT2D eigenvalue weighted by Crippen LogP contribution is -2.32. The Morgan fingerprint density at radius 3 is 1.71 bits per heavy atom. The van der Waals surface area contributed by atoms with Gasteiger partial charge in [-0.2, -0.15) is 0 Å². The van der Waals surface area contributed by atoms with Gasteiger partial charge in [0, 0.05) is 18.6 Å². The quantitative estimate of drug-likeness (QED) is 0.327. The molecule has 21 heavy (non-hydrogen) atoms. The highest BCUT2D eigenvalue weighted by molar-refractivity contribution is 5.11. The van der Waals surface area contributed by atoms with Gasteiger partial charge >= 0.3 is 0 Å². The van der Waals surface area contributed by atoms with Gasteiger partial charge < -0.3 is 0 Å². The SMILES string of the molecule is CCCCCCCCCCCC[n+]1ccc(C(C)C)cc1. The van der Waals surface area contributed by atoms with E-state index in [1.807, 2.05) is 0 Å². The van der Waals surface area contributed by atoms with Crippen molar-refractivity contribution in [1.82, 2.24) is 0 Å². The summed E-state index contributed by atoms with van der Waals surface area (Å²) in [6.45, 7) is 7.97. The molecule has 0 N–H and O–H groups in total. The Morgan fingerprint density at radius 1 is 0.762 bits per heavy atom.